The number of nitrogens with one attached hydrogen (secondary N) is 4. The van der Waals surface area contributed by atoms with Gasteiger partial charge >= 0.3 is 11.9 Å². The van der Waals surface area contributed by atoms with E-state index in [9.17, 15) is 29.4 Å². The molecule has 5 heterocycles. The van der Waals surface area contributed by atoms with E-state index >= 15 is 0 Å². The summed E-state index contributed by atoms with van der Waals surface area (Å²) in [5.74, 6) is -2.09. The molecule has 2 saturated heterocycles. The molecule has 6 N–H and O–H groups in total. The van der Waals surface area contributed by atoms with Gasteiger partial charge in [0.2, 0.25) is 5.91 Å². The lowest BCUT2D eigenvalue weighted by atomic mass is 9.91. The fourth-order valence-corrected chi connectivity index (χ4v) is 8.27. The molecule has 11 heteroatoms. The van der Waals surface area contributed by atoms with Crippen molar-refractivity contribution in [2.75, 3.05) is 0 Å². The first-order valence-electron chi connectivity index (χ1n) is 15.0. The molecule has 0 bridgehead atoms. The summed E-state index contributed by atoms with van der Waals surface area (Å²) in [5.41, 5.74) is 8.33. The lowest BCUT2D eigenvalue weighted by Gasteiger charge is -2.20. The number of allylic oxidation sites excluding steroid dienone is 1. The summed E-state index contributed by atoms with van der Waals surface area (Å²) in [7, 11) is 0. The highest BCUT2D eigenvalue weighted by Crippen LogP contribution is 2.64. The van der Waals surface area contributed by atoms with E-state index in [2.05, 4.69) is 34.4 Å². The van der Waals surface area contributed by atoms with Crippen LogP contribution in [0.1, 0.15) is 75.9 Å². The molecule has 4 aliphatic heterocycles. The second-order valence-electron chi connectivity index (χ2n) is 12.1. The molecule has 44 heavy (non-hydrogen) atoms. The molecule has 5 rings (SSSR count). The number of hydrogen-bond donors (Lipinski definition) is 6. The number of aromatic amines is 1. The molecule has 1 spiro atoms. The number of rotatable bonds is 11. The number of carboxylic acid groups (broad SMARTS) is 2. The van der Waals surface area contributed by atoms with Crippen LogP contribution in [0.25, 0.3) is 12.2 Å². The summed E-state index contributed by atoms with van der Waals surface area (Å²) in [6, 6.07) is -0.322. The maximum absolute atomic E-state index is 12.6. The Morgan fingerprint density at radius 2 is 1.59 bits per heavy atom. The van der Waals surface area contributed by atoms with Crippen LogP contribution in [-0.2, 0) is 25.6 Å². The third-order valence-corrected chi connectivity index (χ3v) is 11.5. The standard InChI is InChI=1S/C33H40N4O6S/c1-7-20-15(2)24(36-32(20)43)12-23-16(3)21(8-10-29(38)39)26(34-23)13-27-22(9-11-30(40)41)17(4)25(35-27)14-28-33(19(6)44-33)18(5)31(42)37-28/h7,13-14,18-19,23-24,34-35H,1,8-12H2,2-6H3,(H,36,43)(H,37,42)(H,38,39)(H,40,41)/b26-13-,28-14-/t18-,19-,23?,24+,33+/m0/s1. The van der Waals surface area contributed by atoms with E-state index in [0.717, 1.165) is 50.6 Å². The first-order chi connectivity index (χ1) is 20.8. The topological polar surface area (TPSA) is 161 Å². The van der Waals surface area contributed by atoms with Crippen molar-refractivity contribution in [1.82, 2.24) is 20.9 Å². The van der Waals surface area contributed by atoms with Crippen LogP contribution in [0.2, 0.25) is 0 Å². The van der Waals surface area contributed by atoms with E-state index in [0.29, 0.717) is 30.1 Å². The van der Waals surface area contributed by atoms with Gasteiger partial charge in [0.15, 0.2) is 0 Å². The molecular weight excluding hydrogens is 580 g/mol. The van der Waals surface area contributed by atoms with Crippen molar-refractivity contribution < 1.29 is 29.4 Å². The van der Waals surface area contributed by atoms with Crippen molar-refractivity contribution in [1.29, 1.82) is 0 Å². The average molecular weight is 621 g/mol. The van der Waals surface area contributed by atoms with Crippen LogP contribution in [0.4, 0.5) is 0 Å². The Morgan fingerprint density at radius 1 is 0.955 bits per heavy atom. The molecule has 2 fully saturated rings. The minimum atomic E-state index is -0.902. The fourth-order valence-electron chi connectivity index (χ4n) is 6.87. The largest absolute Gasteiger partial charge is 0.481 e. The van der Waals surface area contributed by atoms with E-state index in [1.54, 1.807) is 17.8 Å². The van der Waals surface area contributed by atoms with Gasteiger partial charge < -0.3 is 31.1 Å². The number of aromatic nitrogens is 1. The van der Waals surface area contributed by atoms with Crippen LogP contribution in [0, 0.1) is 12.8 Å². The third-order valence-electron chi connectivity index (χ3n) is 9.67. The number of thioether (sulfide) groups is 1. The molecule has 10 nitrogen and oxygen atoms in total. The molecule has 2 amide bonds. The van der Waals surface area contributed by atoms with Crippen molar-refractivity contribution in [3.63, 3.8) is 0 Å². The van der Waals surface area contributed by atoms with Crippen molar-refractivity contribution in [2.45, 2.75) is 88.8 Å². The zero-order chi connectivity index (χ0) is 32.1. The van der Waals surface area contributed by atoms with Crippen LogP contribution in [0.5, 0.6) is 0 Å². The van der Waals surface area contributed by atoms with Gasteiger partial charge in [0.25, 0.3) is 5.91 Å². The second kappa shape index (κ2) is 11.8. The monoisotopic (exact) mass is 620 g/mol. The van der Waals surface area contributed by atoms with Crippen LogP contribution >= 0.6 is 11.8 Å². The molecule has 1 aromatic heterocycles. The highest BCUT2D eigenvalue weighted by molar-refractivity contribution is 8.09. The predicted molar refractivity (Wildman–Crippen MR) is 170 cm³/mol. The Hall–Kier alpha value is -3.99. The molecule has 0 aromatic carbocycles. The third kappa shape index (κ3) is 5.53. The van der Waals surface area contributed by atoms with Crippen molar-refractivity contribution in [2.24, 2.45) is 5.92 Å². The summed E-state index contributed by atoms with van der Waals surface area (Å²) >= 11 is 1.77. The number of amides is 2. The van der Waals surface area contributed by atoms with Gasteiger partial charge in [0.1, 0.15) is 0 Å². The second-order valence-corrected chi connectivity index (χ2v) is 13.8. The molecular formula is C33H40N4O6S. The lowest BCUT2D eigenvalue weighted by molar-refractivity contribution is -0.138. The maximum Gasteiger partial charge on any atom is 0.303 e. The Kier molecular flexibility index (Phi) is 8.45. The van der Waals surface area contributed by atoms with Crippen LogP contribution in [0.15, 0.2) is 46.3 Å². The number of H-pyrrole nitrogens is 1. The normalized spacial score (nSPS) is 29.6. The van der Waals surface area contributed by atoms with Crippen molar-refractivity contribution in [3.8, 4) is 0 Å². The quantitative estimate of drug-likeness (QED) is 0.201. The summed E-state index contributed by atoms with van der Waals surface area (Å²) in [6.07, 6.45) is 6.61. The summed E-state index contributed by atoms with van der Waals surface area (Å²) in [4.78, 5) is 51.6. The number of carbonyl (C=O) groups is 4. The van der Waals surface area contributed by atoms with E-state index in [-0.39, 0.29) is 47.4 Å². The average Bonchev–Trinajstić information content (AvgIpc) is 3.13. The first kappa shape index (κ1) is 31.4. The smallest absolute Gasteiger partial charge is 0.303 e. The summed E-state index contributed by atoms with van der Waals surface area (Å²) in [6.45, 7) is 13.7. The van der Waals surface area contributed by atoms with E-state index in [4.69, 9.17) is 0 Å². The SMILES string of the molecule is C=CC1=C(C)[C@@H](CC2N/C(=C\c3[nH]c(/C=C4\NC(=O)[C@H](C)[C@]45S[C@H]5C)c(C)c3CCC(=O)O)C(CCC(=O)O)=C2C)NC1=O. The predicted octanol–water partition coefficient (Wildman–Crippen LogP) is 4.21. The molecule has 234 valence electrons. The number of carbonyl (C=O) groups excluding carboxylic acids is 2. The Morgan fingerprint density at radius 3 is 2.18 bits per heavy atom. The van der Waals surface area contributed by atoms with Crippen LogP contribution < -0.4 is 16.0 Å². The van der Waals surface area contributed by atoms with E-state index < -0.39 is 11.9 Å². The summed E-state index contributed by atoms with van der Waals surface area (Å²) in [5, 5.41) is 28.9. The zero-order valence-corrected chi connectivity index (χ0v) is 26.5. The summed E-state index contributed by atoms with van der Waals surface area (Å²) < 4.78 is -0.272. The molecule has 4 aliphatic rings. The van der Waals surface area contributed by atoms with Crippen molar-refractivity contribution in [3.05, 3.63) is 68.9 Å². The van der Waals surface area contributed by atoms with Gasteiger partial charge in [-0.15, -0.1) is 11.8 Å². The van der Waals surface area contributed by atoms with Crippen LogP contribution in [0.3, 0.4) is 0 Å². The molecule has 1 aromatic rings. The minimum Gasteiger partial charge on any atom is -0.481 e. The minimum absolute atomic E-state index is 0.000575. The van der Waals surface area contributed by atoms with Gasteiger partial charge in [0, 0.05) is 52.5 Å². The molecule has 0 radical (unpaired) electrons. The lowest BCUT2D eigenvalue weighted by Crippen LogP contribution is -2.36. The molecule has 0 saturated carbocycles. The fraction of sp³-hybridized carbons (Fsp3) is 0.455. The first-order valence-corrected chi connectivity index (χ1v) is 15.8. The van der Waals surface area contributed by atoms with Gasteiger partial charge in [-0.05, 0) is 80.0 Å². The molecule has 5 atom stereocenters. The number of hydrogen-bond acceptors (Lipinski definition) is 6. The molecule has 1 unspecified atom stereocenters. The zero-order valence-electron chi connectivity index (χ0n) is 25.7. The van der Waals surface area contributed by atoms with Gasteiger partial charge in [-0.1, -0.05) is 26.5 Å². The highest BCUT2D eigenvalue weighted by Gasteiger charge is 2.65. The van der Waals surface area contributed by atoms with Gasteiger partial charge in [-0.2, -0.15) is 0 Å². The van der Waals surface area contributed by atoms with E-state index in [1.165, 1.54) is 0 Å². The Balaban J connectivity index is 1.52. The highest BCUT2D eigenvalue weighted by atomic mass is 32.2. The maximum atomic E-state index is 12.6. The number of aliphatic carboxylic acids is 2. The van der Waals surface area contributed by atoms with Crippen LogP contribution in [-0.4, -0.2) is 61.0 Å². The van der Waals surface area contributed by atoms with Gasteiger partial charge in [0.05, 0.1) is 16.7 Å². The Bertz CT molecular complexity index is 1600. The Labute approximate surface area is 261 Å². The van der Waals surface area contributed by atoms with E-state index in [1.807, 2.05) is 39.8 Å². The van der Waals surface area contributed by atoms with Crippen molar-refractivity contribution >= 4 is 47.7 Å². The number of carboxylic acids is 2. The molecule has 0 aliphatic carbocycles. The van der Waals surface area contributed by atoms with Gasteiger partial charge in [-0.25, -0.2) is 0 Å². The van der Waals surface area contributed by atoms with Gasteiger partial charge in [-0.3, -0.25) is 19.2 Å².